The lowest BCUT2D eigenvalue weighted by Gasteiger charge is -2.15. The van der Waals surface area contributed by atoms with Crippen molar-refractivity contribution < 1.29 is 9.59 Å². The first-order valence-corrected chi connectivity index (χ1v) is 7.77. The summed E-state index contributed by atoms with van der Waals surface area (Å²) in [6.07, 6.45) is 0.748. The van der Waals surface area contributed by atoms with E-state index >= 15 is 0 Å². The van der Waals surface area contributed by atoms with E-state index in [2.05, 4.69) is 15.6 Å². The lowest BCUT2D eigenvalue weighted by molar-refractivity contribution is 0.0935. The summed E-state index contributed by atoms with van der Waals surface area (Å²) in [5.74, 6) is -0.215. The zero-order chi connectivity index (χ0) is 16.1. The van der Waals surface area contributed by atoms with E-state index in [0.29, 0.717) is 11.3 Å². The predicted molar refractivity (Wildman–Crippen MR) is 87.0 cm³/mol. The van der Waals surface area contributed by atoms with Crippen molar-refractivity contribution in [3.8, 4) is 0 Å². The number of amides is 3. The number of anilines is 1. The van der Waals surface area contributed by atoms with Gasteiger partial charge < -0.3 is 16.4 Å². The Morgan fingerprint density at radius 3 is 2.77 bits per heavy atom. The van der Waals surface area contributed by atoms with Gasteiger partial charge in [-0.3, -0.25) is 4.79 Å². The Labute approximate surface area is 132 Å². The number of rotatable bonds is 5. The second-order valence-corrected chi connectivity index (χ2v) is 5.72. The molecule has 1 atom stereocenters. The van der Waals surface area contributed by atoms with Crippen molar-refractivity contribution >= 4 is 29.0 Å². The first kappa shape index (κ1) is 16.0. The van der Waals surface area contributed by atoms with Gasteiger partial charge in [-0.05, 0) is 31.5 Å². The van der Waals surface area contributed by atoms with Gasteiger partial charge in [0.05, 0.1) is 6.04 Å². The molecule has 22 heavy (non-hydrogen) atoms. The highest BCUT2D eigenvalue weighted by atomic mass is 32.1. The van der Waals surface area contributed by atoms with Gasteiger partial charge in [-0.2, -0.15) is 0 Å². The fraction of sp³-hybridized carbons (Fsp3) is 0.267. The van der Waals surface area contributed by atoms with E-state index in [9.17, 15) is 9.59 Å². The first-order chi connectivity index (χ1) is 10.5. The Bertz CT molecular complexity index is 684. The second-order valence-electron chi connectivity index (χ2n) is 4.83. The van der Waals surface area contributed by atoms with Crippen LogP contribution < -0.4 is 16.4 Å². The lowest BCUT2D eigenvalue weighted by atomic mass is 10.1. The third kappa shape index (κ3) is 4.05. The Kier molecular flexibility index (Phi) is 5.11. The van der Waals surface area contributed by atoms with Crippen molar-refractivity contribution in [2.45, 2.75) is 26.3 Å². The molecule has 4 N–H and O–H groups in total. The zero-order valence-electron chi connectivity index (χ0n) is 12.4. The number of hydrogen-bond donors (Lipinski definition) is 3. The Morgan fingerprint density at radius 2 is 2.18 bits per heavy atom. The molecule has 2 aromatic rings. The lowest BCUT2D eigenvalue weighted by Crippen LogP contribution is -2.28. The maximum absolute atomic E-state index is 12.4. The summed E-state index contributed by atoms with van der Waals surface area (Å²) in [5, 5.41) is 8.26. The first-order valence-electron chi connectivity index (χ1n) is 6.89. The average Bonchev–Trinajstić information content (AvgIpc) is 2.90. The molecule has 2 rings (SSSR count). The van der Waals surface area contributed by atoms with Crippen LogP contribution in [-0.2, 0) is 0 Å². The highest BCUT2D eigenvalue weighted by Crippen LogP contribution is 2.21. The molecule has 3 amide bonds. The monoisotopic (exact) mass is 318 g/mol. The van der Waals surface area contributed by atoms with E-state index in [1.807, 2.05) is 19.2 Å². The summed E-state index contributed by atoms with van der Waals surface area (Å²) >= 11 is 1.53. The number of nitrogens with zero attached hydrogens (tertiary/aromatic N) is 1. The molecule has 1 aromatic carbocycles. The van der Waals surface area contributed by atoms with E-state index in [1.165, 1.54) is 11.3 Å². The summed E-state index contributed by atoms with van der Waals surface area (Å²) in [4.78, 5) is 27.6. The topological polar surface area (TPSA) is 97.1 Å². The quantitative estimate of drug-likeness (QED) is 0.790. The molecule has 0 bridgehead atoms. The van der Waals surface area contributed by atoms with Gasteiger partial charge in [-0.1, -0.05) is 13.0 Å². The molecule has 0 fully saturated rings. The molecule has 0 saturated carbocycles. The molecule has 0 aliphatic rings. The van der Waals surface area contributed by atoms with Crippen molar-refractivity contribution in [3.05, 3.63) is 45.9 Å². The van der Waals surface area contributed by atoms with Crippen LogP contribution >= 0.6 is 11.3 Å². The van der Waals surface area contributed by atoms with Crippen LogP contribution in [0.15, 0.2) is 29.6 Å². The Morgan fingerprint density at radius 1 is 1.41 bits per heavy atom. The number of hydrogen-bond acceptors (Lipinski definition) is 4. The third-order valence-corrected chi connectivity index (χ3v) is 4.12. The molecule has 0 radical (unpaired) electrons. The van der Waals surface area contributed by atoms with Gasteiger partial charge in [-0.25, -0.2) is 9.78 Å². The molecule has 1 aromatic heterocycles. The Hall–Kier alpha value is -2.41. The van der Waals surface area contributed by atoms with E-state index in [4.69, 9.17) is 5.73 Å². The minimum Gasteiger partial charge on any atom is -0.351 e. The normalized spacial score (nSPS) is 11.7. The number of aryl methyl sites for hydroxylation is 1. The fourth-order valence-electron chi connectivity index (χ4n) is 1.99. The maximum atomic E-state index is 12.4. The number of nitrogens with two attached hydrogens (primary N) is 1. The Balaban J connectivity index is 2.12. The molecular formula is C15H18N4O2S. The molecule has 0 spiro atoms. The predicted octanol–water partition coefficient (Wildman–Crippen LogP) is 2.82. The zero-order valence-corrected chi connectivity index (χ0v) is 13.2. The number of benzene rings is 1. The van der Waals surface area contributed by atoms with E-state index in [0.717, 1.165) is 17.1 Å². The van der Waals surface area contributed by atoms with Crippen LogP contribution in [0.3, 0.4) is 0 Å². The summed E-state index contributed by atoms with van der Waals surface area (Å²) in [7, 11) is 0. The molecule has 6 nitrogen and oxygen atoms in total. The van der Waals surface area contributed by atoms with Crippen molar-refractivity contribution in [2.24, 2.45) is 5.73 Å². The molecule has 0 aliphatic carbocycles. The van der Waals surface area contributed by atoms with Crippen LogP contribution in [0.4, 0.5) is 10.5 Å². The minimum atomic E-state index is -0.665. The average molecular weight is 318 g/mol. The molecular weight excluding hydrogens is 300 g/mol. The van der Waals surface area contributed by atoms with Crippen molar-refractivity contribution in [2.75, 3.05) is 5.32 Å². The standard InChI is InChI=1S/C15H18N4O2S/c1-3-12(14-17-9(2)8-22-14)19-13(20)10-5-4-6-11(7-10)18-15(16)21/h4-8,12H,3H2,1-2H3,(H,19,20)(H3,16,18,21). The number of carbonyl (C=O) groups excluding carboxylic acids is 2. The number of nitrogens with one attached hydrogen (secondary N) is 2. The minimum absolute atomic E-state index is 0.126. The van der Waals surface area contributed by atoms with Crippen molar-refractivity contribution in [1.82, 2.24) is 10.3 Å². The van der Waals surface area contributed by atoms with Gasteiger partial charge in [-0.15, -0.1) is 11.3 Å². The van der Waals surface area contributed by atoms with E-state index in [-0.39, 0.29) is 11.9 Å². The van der Waals surface area contributed by atoms with E-state index < -0.39 is 6.03 Å². The maximum Gasteiger partial charge on any atom is 0.316 e. The van der Waals surface area contributed by atoms with E-state index in [1.54, 1.807) is 24.3 Å². The van der Waals surface area contributed by atoms with Crippen molar-refractivity contribution in [3.63, 3.8) is 0 Å². The number of thiazole rings is 1. The van der Waals surface area contributed by atoms with Crippen LogP contribution in [0.1, 0.15) is 40.4 Å². The number of primary amides is 1. The third-order valence-electron chi connectivity index (χ3n) is 3.04. The van der Waals surface area contributed by atoms with Gasteiger partial charge in [0.2, 0.25) is 0 Å². The smallest absolute Gasteiger partial charge is 0.316 e. The summed E-state index contributed by atoms with van der Waals surface area (Å²) in [6, 6.07) is 5.83. The fourth-order valence-corrected chi connectivity index (χ4v) is 2.92. The highest BCUT2D eigenvalue weighted by molar-refractivity contribution is 7.09. The second kappa shape index (κ2) is 7.04. The summed E-state index contributed by atoms with van der Waals surface area (Å²) in [5.41, 5.74) is 6.96. The number of aromatic nitrogens is 1. The van der Waals surface area contributed by atoms with Gasteiger partial charge in [0.15, 0.2) is 0 Å². The van der Waals surface area contributed by atoms with Crippen LogP contribution in [0.2, 0.25) is 0 Å². The largest absolute Gasteiger partial charge is 0.351 e. The molecule has 1 heterocycles. The van der Waals surface area contributed by atoms with Gasteiger partial charge >= 0.3 is 6.03 Å². The van der Waals surface area contributed by atoms with Gasteiger partial charge in [0, 0.05) is 22.3 Å². The molecule has 116 valence electrons. The highest BCUT2D eigenvalue weighted by Gasteiger charge is 2.17. The molecule has 7 heteroatoms. The van der Waals surface area contributed by atoms with Gasteiger partial charge in [0.25, 0.3) is 5.91 Å². The SMILES string of the molecule is CCC(NC(=O)c1cccc(NC(N)=O)c1)c1nc(C)cs1. The number of carbonyl (C=O) groups is 2. The summed E-state index contributed by atoms with van der Waals surface area (Å²) in [6.45, 7) is 3.92. The van der Waals surface area contributed by atoms with Crippen LogP contribution in [0.5, 0.6) is 0 Å². The molecule has 0 aliphatic heterocycles. The van der Waals surface area contributed by atoms with Crippen LogP contribution in [-0.4, -0.2) is 16.9 Å². The molecule has 1 unspecified atom stereocenters. The number of urea groups is 1. The summed E-state index contributed by atoms with van der Waals surface area (Å²) < 4.78 is 0. The molecule has 0 saturated heterocycles. The van der Waals surface area contributed by atoms with Crippen LogP contribution in [0.25, 0.3) is 0 Å². The van der Waals surface area contributed by atoms with Crippen molar-refractivity contribution in [1.29, 1.82) is 0 Å². The van der Waals surface area contributed by atoms with Crippen LogP contribution in [0, 0.1) is 6.92 Å². The van der Waals surface area contributed by atoms with Gasteiger partial charge in [0.1, 0.15) is 5.01 Å².